The highest BCUT2D eigenvalue weighted by molar-refractivity contribution is 6.31. The van der Waals surface area contributed by atoms with Crippen LogP contribution in [-0.4, -0.2) is 23.1 Å². The summed E-state index contributed by atoms with van der Waals surface area (Å²) in [4.78, 5) is 10.8. The molecule has 1 saturated heterocycles. The van der Waals surface area contributed by atoms with Gasteiger partial charge in [-0.15, -0.1) is 0 Å². The Morgan fingerprint density at radius 1 is 1.29 bits per heavy atom. The van der Waals surface area contributed by atoms with E-state index in [0.717, 1.165) is 24.6 Å². The Kier molecular flexibility index (Phi) is 2.87. The third-order valence-corrected chi connectivity index (χ3v) is 2.75. The molecule has 2 heterocycles. The van der Waals surface area contributed by atoms with E-state index in [1.54, 1.807) is 6.20 Å². The SMILES string of the molecule is Cc1cnc(Cl)c(N2CCCCC2)n1. The average Bonchev–Trinajstić information content (AvgIpc) is 2.23. The molecule has 2 rings (SSSR count). The van der Waals surface area contributed by atoms with Crippen molar-refractivity contribution in [1.82, 2.24) is 9.97 Å². The van der Waals surface area contributed by atoms with Crippen LogP contribution in [0.4, 0.5) is 5.82 Å². The Balaban J connectivity index is 2.24. The Hall–Kier alpha value is -0.830. The third kappa shape index (κ3) is 1.98. The lowest BCUT2D eigenvalue weighted by atomic mass is 10.1. The predicted molar refractivity (Wildman–Crippen MR) is 57.8 cm³/mol. The summed E-state index contributed by atoms with van der Waals surface area (Å²) in [6.45, 7) is 4.05. The van der Waals surface area contributed by atoms with Crippen LogP contribution in [-0.2, 0) is 0 Å². The molecule has 0 amide bonds. The lowest BCUT2D eigenvalue weighted by molar-refractivity contribution is 0.572. The molecule has 1 aliphatic heterocycles. The molecule has 1 fully saturated rings. The van der Waals surface area contributed by atoms with Gasteiger partial charge in [-0.05, 0) is 26.2 Å². The standard InChI is InChI=1S/C10H14ClN3/c1-8-7-12-9(11)10(13-8)14-5-3-2-4-6-14/h7H,2-6H2,1H3. The molecule has 0 spiro atoms. The van der Waals surface area contributed by atoms with Crippen LogP contribution in [0.15, 0.2) is 6.20 Å². The van der Waals surface area contributed by atoms with Crippen molar-refractivity contribution in [3.63, 3.8) is 0 Å². The molecule has 0 aromatic carbocycles. The summed E-state index contributed by atoms with van der Waals surface area (Å²) in [5.41, 5.74) is 0.926. The van der Waals surface area contributed by atoms with E-state index >= 15 is 0 Å². The quantitative estimate of drug-likeness (QED) is 0.715. The van der Waals surface area contributed by atoms with Gasteiger partial charge in [0, 0.05) is 13.1 Å². The molecular weight excluding hydrogens is 198 g/mol. The molecule has 0 bridgehead atoms. The van der Waals surface area contributed by atoms with Crippen LogP contribution in [0.25, 0.3) is 0 Å². The number of aromatic nitrogens is 2. The van der Waals surface area contributed by atoms with Gasteiger partial charge in [-0.2, -0.15) is 0 Å². The number of nitrogens with zero attached hydrogens (tertiary/aromatic N) is 3. The molecule has 1 aromatic heterocycles. The minimum Gasteiger partial charge on any atom is -0.354 e. The van der Waals surface area contributed by atoms with Crippen LogP contribution < -0.4 is 4.90 Å². The molecule has 4 heteroatoms. The molecular formula is C10H14ClN3. The molecule has 14 heavy (non-hydrogen) atoms. The monoisotopic (exact) mass is 211 g/mol. The van der Waals surface area contributed by atoms with Gasteiger partial charge < -0.3 is 4.90 Å². The lowest BCUT2D eigenvalue weighted by Gasteiger charge is -2.28. The van der Waals surface area contributed by atoms with Crippen LogP contribution in [0.5, 0.6) is 0 Å². The van der Waals surface area contributed by atoms with Crippen LogP contribution in [0.2, 0.25) is 5.15 Å². The Morgan fingerprint density at radius 3 is 2.71 bits per heavy atom. The number of aryl methyl sites for hydroxylation is 1. The normalized spacial score (nSPS) is 17.1. The van der Waals surface area contributed by atoms with Gasteiger partial charge in [0.1, 0.15) is 0 Å². The Bertz CT molecular complexity index is 321. The molecule has 1 aromatic rings. The summed E-state index contributed by atoms with van der Waals surface area (Å²) in [5.74, 6) is 0.853. The molecule has 0 unspecified atom stereocenters. The van der Waals surface area contributed by atoms with Crippen LogP contribution in [0.1, 0.15) is 25.0 Å². The van der Waals surface area contributed by atoms with Gasteiger partial charge >= 0.3 is 0 Å². The maximum atomic E-state index is 6.01. The van der Waals surface area contributed by atoms with Crippen LogP contribution in [0, 0.1) is 6.92 Å². The molecule has 0 atom stereocenters. The number of halogens is 1. The Morgan fingerprint density at radius 2 is 2.00 bits per heavy atom. The number of piperidine rings is 1. The van der Waals surface area contributed by atoms with Gasteiger partial charge in [0.05, 0.1) is 11.9 Å². The van der Waals surface area contributed by atoms with E-state index in [1.165, 1.54) is 19.3 Å². The van der Waals surface area contributed by atoms with E-state index in [2.05, 4.69) is 14.9 Å². The largest absolute Gasteiger partial charge is 0.354 e. The first kappa shape index (κ1) is 9.71. The van der Waals surface area contributed by atoms with Gasteiger partial charge in [0.15, 0.2) is 11.0 Å². The average molecular weight is 212 g/mol. The number of hydrogen-bond donors (Lipinski definition) is 0. The summed E-state index contributed by atoms with van der Waals surface area (Å²) in [5, 5.41) is 0.525. The number of rotatable bonds is 1. The van der Waals surface area contributed by atoms with Gasteiger partial charge in [0.25, 0.3) is 0 Å². The zero-order chi connectivity index (χ0) is 9.97. The van der Waals surface area contributed by atoms with E-state index in [1.807, 2.05) is 6.92 Å². The smallest absolute Gasteiger partial charge is 0.171 e. The summed E-state index contributed by atoms with van der Waals surface area (Å²) in [6, 6.07) is 0. The molecule has 0 radical (unpaired) electrons. The molecule has 0 N–H and O–H groups in total. The van der Waals surface area contributed by atoms with E-state index in [0.29, 0.717) is 5.15 Å². The van der Waals surface area contributed by atoms with Crippen molar-refractivity contribution in [1.29, 1.82) is 0 Å². The topological polar surface area (TPSA) is 29.0 Å². The fourth-order valence-corrected chi connectivity index (χ4v) is 1.97. The second-order valence-electron chi connectivity index (χ2n) is 3.67. The highest BCUT2D eigenvalue weighted by Gasteiger charge is 2.15. The van der Waals surface area contributed by atoms with Crippen molar-refractivity contribution < 1.29 is 0 Å². The molecule has 0 aliphatic carbocycles. The van der Waals surface area contributed by atoms with E-state index in [9.17, 15) is 0 Å². The highest BCUT2D eigenvalue weighted by atomic mass is 35.5. The van der Waals surface area contributed by atoms with Crippen molar-refractivity contribution in [2.45, 2.75) is 26.2 Å². The zero-order valence-electron chi connectivity index (χ0n) is 8.33. The molecule has 1 aliphatic rings. The second kappa shape index (κ2) is 4.13. The molecule has 0 saturated carbocycles. The fourth-order valence-electron chi connectivity index (χ4n) is 1.76. The minimum atomic E-state index is 0.525. The third-order valence-electron chi connectivity index (χ3n) is 2.49. The highest BCUT2D eigenvalue weighted by Crippen LogP contribution is 2.24. The van der Waals surface area contributed by atoms with Gasteiger partial charge in [-0.3, -0.25) is 0 Å². The summed E-state index contributed by atoms with van der Waals surface area (Å²) in [7, 11) is 0. The molecule has 76 valence electrons. The maximum absolute atomic E-state index is 6.01. The summed E-state index contributed by atoms with van der Waals surface area (Å²) >= 11 is 6.01. The van der Waals surface area contributed by atoms with Crippen molar-refractivity contribution >= 4 is 17.4 Å². The minimum absolute atomic E-state index is 0.525. The lowest BCUT2D eigenvalue weighted by Crippen LogP contribution is -2.30. The maximum Gasteiger partial charge on any atom is 0.171 e. The van der Waals surface area contributed by atoms with E-state index in [-0.39, 0.29) is 0 Å². The second-order valence-corrected chi connectivity index (χ2v) is 4.03. The van der Waals surface area contributed by atoms with Gasteiger partial charge in [0.2, 0.25) is 0 Å². The van der Waals surface area contributed by atoms with Crippen molar-refractivity contribution in [2.75, 3.05) is 18.0 Å². The van der Waals surface area contributed by atoms with Gasteiger partial charge in [-0.25, -0.2) is 9.97 Å². The van der Waals surface area contributed by atoms with Crippen molar-refractivity contribution in [2.24, 2.45) is 0 Å². The van der Waals surface area contributed by atoms with Crippen molar-refractivity contribution in [3.8, 4) is 0 Å². The summed E-state index contributed by atoms with van der Waals surface area (Å²) in [6.07, 6.45) is 5.47. The summed E-state index contributed by atoms with van der Waals surface area (Å²) < 4.78 is 0. The Labute approximate surface area is 89.1 Å². The number of hydrogen-bond acceptors (Lipinski definition) is 3. The first-order valence-corrected chi connectivity index (χ1v) is 5.39. The van der Waals surface area contributed by atoms with E-state index < -0.39 is 0 Å². The van der Waals surface area contributed by atoms with Crippen molar-refractivity contribution in [3.05, 3.63) is 17.0 Å². The first-order chi connectivity index (χ1) is 6.77. The van der Waals surface area contributed by atoms with Gasteiger partial charge in [-0.1, -0.05) is 11.6 Å². The number of anilines is 1. The van der Waals surface area contributed by atoms with E-state index in [4.69, 9.17) is 11.6 Å². The van der Waals surface area contributed by atoms with Crippen LogP contribution >= 0.6 is 11.6 Å². The fraction of sp³-hybridized carbons (Fsp3) is 0.600. The molecule has 3 nitrogen and oxygen atoms in total. The van der Waals surface area contributed by atoms with Crippen LogP contribution in [0.3, 0.4) is 0 Å². The zero-order valence-corrected chi connectivity index (χ0v) is 9.09. The predicted octanol–water partition coefficient (Wildman–Crippen LogP) is 2.43. The first-order valence-electron chi connectivity index (χ1n) is 5.01.